The van der Waals surface area contributed by atoms with E-state index in [1.165, 1.54) is 11.3 Å². The van der Waals surface area contributed by atoms with E-state index in [1.807, 2.05) is 66.0 Å². The highest BCUT2D eigenvalue weighted by Gasteiger charge is 2.44. The molecule has 154 valence electrons. The van der Waals surface area contributed by atoms with Gasteiger partial charge in [-0.05, 0) is 35.6 Å². The molecule has 4 aromatic rings. The van der Waals surface area contributed by atoms with Gasteiger partial charge in [0.05, 0.1) is 11.6 Å². The Morgan fingerprint density at radius 2 is 1.81 bits per heavy atom. The first kappa shape index (κ1) is 19.3. The molecule has 0 fully saturated rings. The topological polar surface area (TPSA) is 70.8 Å². The number of carbonyl (C=O) groups excluding carboxylic acids is 2. The number of rotatable bonds is 6. The van der Waals surface area contributed by atoms with Gasteiger partial charge in [0.1, 0.15) is 5.58 Å². The molecule has 2 aromatic heterocycles. The molecule has 0 radical (unpaired) electrons. The van der Waals surface area contributed by atoms with Crippen LogP contribution in [0.3, 0.4) is 0 Å². The third kappa shape index (κ3) is 3.45. The molecule has 1 N–H and O–H groups in total. The van der Waals surface area contributed by atoms with Gasteiger partial charge in [-0.2, -0.15) is 0 Å². The number of aliphatic hydroxyl groups excluding tert-OH is 1. The number of ketones is 1. The molecular formula is C25H19NO4S. The van der Waals surface area contributed by atoms with Crippen molar-refractivity contribution in [1.29, 1.82) is 0 Å². The van der Waals surface area contributed by atoms with Crippen molar-refractivity contribution in [3.05, 3.63) is 106 Å². The van der Waals surface area contributed by atoms with Gasteiger partial charge in [0.25, 0.3) is 5.91 Å². The van der Waals surface area contributed by atoms with Crippen molar-refractivity contribution in [1.82, 2.24) is 4.90 Å². The fourth-order valence-corrected chi connectivity index (χ4v) is 4.83. The number of fused-ring (bicyclic) bond motifs is 1. The number of carbonyl (C=O) groups is 2. The van der Waals surface area contributed by atoms with Crippen LogP contribution in [0.2, 0.25) is 0 Å². The Kier molecular flexibility index (Phi) is 4.92. The average Bonchev–Trinajstić information content (AvgIpc) is 3.52. The molecule has 0 spiro atoms. The summed E-state index contributed by atoms with van der Waals surface area (Å²) in [5.74, 6) is -1.39. The van der Waals surface area contributed by atoms with E-state index < -0.39 is 23.5 Å². The number of furan rings is 1. The second-order valence-corrected chi connectivity index (χ2v) is 8.37. The van der Waals surface area contributed by atoms with Gasteiger partial charge in [-0.15, -0.1) is 11.3 Å². The molecule has 5 nitrogen and oxygen atoms in total. The van der Waals surface area contributed by atoms with Gasteiger partial charge in [0.2, 0.25) is 5.78 Å². The minimum atomic E-state index is -0.642. The Balaban J connectivity index is 1.51. The third-order valence-electron chi connectivity index (χ3n) is 5.49. The van der Waals surface area contributed by atoms with E-state index in [1.54, 1.807) is 17.0 Å². The summed E-state index contributed by atoms with van der Waals surface area (Å²) in [5, 5.41) is 13.4. The predicted molar refractivity (Wildman–Crippen MR) is 119 cm³/mol. The van der Waals surface area contributed by atoms with Gasteiger partial charge < -0.3 is 14.4 Å². The SMILES string of the molecule is O=C(C1=C(O)C(=O)N(CCc2ccccc2)[C@@H]1c1cccs1)c1cc2ccccc2o1. The zero-order chi connectivity index (χ0) is 21.4. The number of para-hydroxylation sites is 1. The number of Topliss-reactive ketones (excluding diaryl/α,β-unsaturated/α-hetero) is 1. The molecule has 0 saturated carbocycles. The Hall–Kier alpha value is -3.64. The molecule has 0 bridgehead atoms. The quantitative estimate of drug-likeness (QED) is 0.422. The minimum Gasteiger partial charge on any atom is -0.503 e. The van der Waals surface area contributed by atoms with Crippen LogP contribution in [0.5, 0.6) is 0 Å². The molecule has 5 rings (SSSR count). The molecule has 2 aromatic carbocycles. The van der Waals surface area contributed by atoms with E-state index >= 15 is 0 Å². The Labute approximate surface area is 182 Å². The zero-order valence-corrected chi connectivity index (χ0v) is 17.3. The second kappa shape index (κ2) is 7.89. The van der Waals surface area contributed by atoms with Crippen molar-refractivity contribution in [2.45, 2.75) is 12.5 Å². The van der Waals surface area contributed by atoms with Gasteiger partial charge in [-0.1, -0.05) is 54.6 Å². The molecule has 1 atom stereocenters. The van der Waals surface area contributed by atoms with Crippen molar-refractivity contribution in [3.63, 3.8) is 0 Å². The molecule has 1 aliphatic rings. The lowest BCUT2D eigenvalue weighted by molar-refractivity contribution is -0.129. The van der Waals surface area contributed by atoms with Crippen molar-refractivity contribution in [2.24, 2.45) is 0 Å². The molecule has 3 heterocycles. The average molecular weight is 429 g/mol. The normalized spacial score (nSPS) is 16.5. The highest BCUT2D eigenvalue weighted by molar-refractivity contribution is 7.10. The minimum absolute atomic E-state index is 0.0690. The maximum atomic E-state index is 13.4. The lowest BCUT2D eigenvalue weighted by Crippen LogP contribution is -2.32. The van der Waals surface area contributed by atoms with Crippen LogP contribution in [0.4, 0.5) is 0 Å². The summed E-state index contributed by atoms with van der Waals surface area (Å²) in [4.78, 5) is 28.8. The number of hydrogen-bond donors (Lipinski definition) is 1. The fraction of sp³-hybridized carbons (Fsp3) is 0.120. The fourth-order valence-electron chi connectivity index (χ4n) is 3.98. The van der Waals surface area contributed by atoms with Crippen LogP contribution in [0.25, 0.3) is 11.0 Å². The summed E-state index contributed by atoms with van der Waals surface area (Å²) in [5.41, 5.74) is 1.74. The van der Waals surface area contributed by atoms with Crippen LogP contribution in [0.15, 0.2) is 93.9 Å². The molecule has 1 aliphatic heterocycles. The van der Waals surface area contributed by atoms with E-state index in [-0.39, 0.29) is 11.3 Å². The van der Waals surface area contributed by atoms with Gasteiger partial charge in [-0.25, -0.2) is 0 Å². The maximum absolute atomic E-state index is 13.4. The molecular weight excluding hydrogens is 410 g/mol. The summed E-state index contributed by atoms with van der Waals surface area (Å²) in [6, 6.07) is 21.9. The van der Waals surface area contributed by atoms with Gasteiger partial charge in [-0.3, -0.25) is 9.59 Å². The smallest absolute Gasteiger partial charge is 0.290 e. The Morgan fingerprint density at radius 1 is 1.03 bits per heavy atom. The highest BCUT2D eigenvalue weighted by Crippen LogP contribution is 2.41. The number of benzene rings is 2. The largest absolute Gasteiger partial charge is 0.503 e. The van der Waals surface area contributed by atoms with Crippen LogP contribution < -0.4 is 0 Å². The zero-order valence-electron chi connectivity index (χ0n) is 16.5. The van der Waals surface area contributed by atoms with Crippen molar-refractivity contribution in [3.8, 4) is 0 Å². The Bertz CT molecular complexity index is 1250. The van der Waals surface area contributed by atoms with Crippen molar-refractivity contribution < 1.29 is 19.1 Å². The summed E-state index contributed by atoms with van der Waals surface area (Å²) in [7, 11) is 0. The van der Waals surface area contributed by atoms with Crippen LogP contribution >= 0.6 is 11.3 Å². The van der Waals surface area contributed by atoms with E-state index in [9.17, 15) is 14.7 Å². The monoisotopic (exact) mass is 429 g/mol. The molecule has 1 amide bonds. The standard InChI is InChI=1S/C25H19NO4S/c27-23(19-15-17-9-4-5-10-18(17)30-19)21-22(20-11-6-14-31-20)26(25(29)24(21)28)13-12-16-7-2-1-3-8-16/h1-11,14-15,22,28H,12-13H2/t22-/m1/s1. The first-order valence-corrected chi connectivity index (χ1v) is 10.9. The highest BCUT2D eigenvalue weighted by atomic mass is 32.1. The third-order valence-corrected chi connectivity index (χ3v) is 6.42. The van der Waals surface area contributed by atoms with E-state index in [2.05, 4.69) is 0 Å². The van der Waals surface area contributed by atoms with E-state index in [0.717, 1.165) is 15.8 Å². The first-order chi connectivity index (χ1) is 15.1. The Morgan fingerprint density at radius 3 is 2.55 bits per heavy atom. The van der Waals surface area contributed by atoms with Gasteiger partial charge in [0, 0.05) is 16.8 Å². The van der Waals surface area contributed by atoms with Crippen LogP contribution in [-0.2, 0) is 11.2 Å². The first-order valence-electron chi connectivity index (χ1n) is 9.98. The summed E-state index contributed by atoms with van der Waals surface area (Å²) in [6.45, 7) is 0.381. The van der Waals surface area contributed by atoms with Crippen LogP contribution in [0, 0.1) is 0 Å². The number of amides is 1. The number of aliphatic hydroxyl groups is 1. The molecule has 0 unspecified atom stereocenters. The summed E-state index contributed by atoms with van der Waals surface area (Å²) in [6.07, 6.45) is 0.619. The van der Waals surface area contributed by atoms with Crippen LogP contribution in [-0.4, -0.2) is 28.2 Å². The molecule has 31 heavy (non-hydrogen) atoms. The summed E-state index contributed by atoms with van der Waals surface area (Å²) < 4.78 is 5.73. The van der Waals surface area contributed by atoms with Crippen molar-refractivity contribution in [2.75, 3.05) is 6.54 Å². The van der Waals surface area contributed by atoms with E-state index in [0.29, 0.717) is 18.5 Å². The van der Waals surface area contributed by atoms with E-state index in [4.69, 9.17) is 4.42 Å². The van der Waals surface area contributed by atoms with Crippen molar-refractivity contribution >= 4 is 34.0 Å². The lowest BCUT2D eigenvalue weighted by atomic mass is 10.00. The molecule has 0 aliphatic carbocycles. The molecule has 6 heteroatoms. The predicted octanol–water partition coefficient (Wildman–Crippen LogP) is 5.32. The maximum Gasteiger partial charge on any atom is 0.290 e. The number of nitrogens with zero attached hydrogens (tertiary/aromatic N) is 1. The number of hydrogen-bond acceptors (Lipinski definition) is 5. The summed E-state index contributed by atoms with van der Waals surface area (Å²) >= 11 is 1.45. The van der Waals surface area contributed by atoms with Gasteiger partial charge in [0.15, 0.2) is 11.5 Å². The second-order valence-electron chi connectivity index (χ2n) is 7.39. The number of thiophene rings is 1. The van der Waals surface area contributed by atoms with Gasteiger partial charge >= 0.3 is 0 Å². The lowest BCUT2D eigenvalue weighted by Gasteiger charge is -2.25. The van der Waals surface area contributed by atoms with Crippen LogP contribution in [0.1, 0.15) is 27.0 Å². The molecule has 0 saturated heterocycles.